The van der Waals surface area contributed by atoms with E-state index in [1.165, 1.54) is 31.2 Å². The van der Waals surface area contributed by atoms with Crippen molar-refractivity contribution in [2.75, 3.05) is 26.2 Å². The van der Waals surface area contributed by atoms with Crippen molar-refractivity contribution in [3.8, 4) is 5.75 Å². The van der Waals surface area contributed by atoms with Gasteiger partial charge in [-0.25, -0.2) is 0 Å². The van der Waals surface area contributed by atoms with Crippen LogP contribution in [0.2, 0.25) is 0 Å². The predicted molar refractivity (Wildman–Crippen MR) is 81.9 cm³/mol. The van der Waals surface area contributed by atoms with Crippen LogP contribution in [0.25, 0.3) is 0 Å². The van der Waals surface area contributed by atoms with Gasteiger partial charge in [-0.2, -0.15) is 0 Å². The van der Waals surface area contributed by atoms with Crippen LogP contribution in [0, 0.1) is 11.8 Å². The zero-order valence-corrected chi connectivity index (χ0v) is 12.5. The topological polar surface area (TPSA) is 29.5 Å². The van der Waals surface area contributed by atoms with Crippen LogP contribution in [-0.4, -0.2) is 36.9 Å². The molecule has 21 heavy (non-hydrogen) atoms. The van der Waals surface area contributed by atoms with Gasteiger partial charge < -0.3 is 4.74 Å². The molecule has 1 aliphatic heterocycles. The molecule has 1 aromatic carbocycles. The fourth-order valence-corrected chi connectivity index (χ4v) is 3.19. The van der Waals surface area contributed by atoms with Crippen LogP contribution < -0.4 is 4.74 Å². The highest BCUT2D eigenvalue weighted by molar-refractivity contribution is 5.98. The summed E-state index contributed by atoms with van der Waals surface area (Å²) in [6, 6.07) is 5.93. The second-order valence-corrected chi connectivity index (χ2v) is 6.92. The summed E-state index contributed by atoms with van der Waals surface area (Å²) in [6.07, 6.45) is 6.35. The predicted octanol–water partition coefficient (Wildman–Crippen LogP) is 2.93. The van der Waals surface area contributed by atoms with E-state index < -0.39 is 0 Å². The summed E-state index contributed by atoms with van der Waals surface area (Å²) in [7, 11) is 0. The molecule has 0 saturated heterocycles. The summed E-state index contributed by atoms with van der Waals surface area (Å²) in [4.78, 5) is 15.0. The van der Waals surface area contributed by atoms with Gasteiger partial charge in [-0.3, -0.25) is 9.69 Å². The van der Waals surface area contributed by atoms with E-state index in [0.29, 0.717) is 6.54 Å². The number of carbonyl (C=O) groups excluding carboxylic acids is 1. The van der Waals surface area contributed by atoms with Crippen LogP contribution in [0.4, 0.5) is 0 Å². The Bertz CT molecular complexity index is 532. The van der Waals surface area contributed by atoms with Gasteiger partial charge in [0.1, 0.15) is 5.75 Å². The number of hydrogen-bond acceptors (Lipinski definition) is 3. The molecule has 0 radical (unpaired) electrons. The summed E-state index contributed by atoms with van der Waals surface area (Å²) in [5, 5.41) is 0. The van der Waals surface area contributed by atoms with Gasteiger partial charge in [0.25, 0.3) is 0 Å². The Kier molecular flexibility index (Phi) is 3.46. The summed E-state index contributed by atoms with van der Waals surface area (Å²) < 4.78 is 5.51. The standard InChI is InChI=1S/C18H23NO2/c20-17(15-5-6-18-16(9-15)7-8-21-18)12-19(10-13-1-2-13)11-14-3-4-14/h5-6,9,13-14H,1-4,7-8,10-12H2. The molecule has 112 valence electrons. The van der Waals surface area contributed by atoms with E-state index in [2.05, 4.69) is 4.90 Å². The number of ether oxygens (including phenoxy) is 1. The van der Waals surface area contributed by atoms with Gasteiger partial charge in [0.05, 0.1) is 13.2 Å². The molecule has 0 bridgehead atoms. The van der Waals surface area contributed by atoms with E-state index in [4.69, 9.17) is 4.74 Å². The van der Waals surface area contributed by atoms with E-state index in [1.54, 1.807) is 0 Å². The molecule has 2 fully saturated rings. The average molecular weight is 285 g/mol. The van der Waals surface area contributed by atoms with Crippen LogP contribution >= 0.6 is 0 Å². The quantitative estimate of drug-likeness (QED) is 0.721. The lowest BCUT2D eigenvalue weighted by atomic mass is 10.0. The van der Waals surface area contributed by atoms with Crippen LogP contribution in [0.5, 0.6) is 5.75 Å². The summed E-state index contributed by atoms with van der Waals surface area (Å²) in [5.74, 6) is 2.93. The third kappa shape index (κ3) is 3.29. The first-order chi connectivity index (χ1) is 10.3. The Hall–Kier alpha value is -1.35. The van der Waals surface area contributed by atoms with Crippen LogP contribution in [0.3, 0.4) is 0 Å². The van der Waals surface area contributed by atoms with Crippen LogP contribution in [0.1, 0.15) is 41.6 Å². The minimum Gasteiger partial charge on any atom is -0.493 e. The molecule has 0 unspecified atom stereocenters. The van der Waals surface area contributed by atoms with E-state index in [-0.39, 0.29) is 5.78 Å². The van der Waals surface area contributed by atoms with Gasteiger partial charge in [0, 0.05) is 25.1 Å². The Labute approximate surface area is 126 Å². The Balaban J connectivity index is 1.42. The Morgan fingerprint density at radius 1 is 1.14 bits per heavy atom. The van der Waals surface area contributed by atoms with Gasteiger partial charge in [-0.05, 0) is 61.3 Å². The molecule has 0 aromatic heterocycles. The SMILES string of the molecule is O=C(CN(CC1CC1)CC1CC1)c1ccc2c(c1)CCO2. The van der Waals surface area contributed by atoms with Gasteiger partial charge in [0.15, 0.2) is 5.78 Å². The molecule has 0 amide bonds. The highest BCUT2D eigenvalue weighted by Gasteiger charge is 2.30. The van der Waals surface area contributed by atoms with Crippen molar-refractivity contribution in [2.45, 2.75) is 32.1 Å². The monoisotopic (exact) mass is 285 g/mol. The molecule has 2 aliphatic carbocycles. The Morgan fingerprint density at radius 3 is 2.52 bits per heavy atom. The number of rotatable bonds is 7. The number of carbonyl (C=O) groups is 1. The first-order valence-corrected chi connectivity index (χ1v) is 8.29. The van der Waals surface area contributed by atoms with Gasteiger partial charge in [-0.15, -0.1) is 0 Å². The van der Waals surface area contributed by atoms with E-state index >= 15 is 0 Å². The molecule has 4 rings (SSSR count). The third-order valence-corrected chi connectivity index (χ3v) is 4.81. The molecule has 3 aliphatic rings. The summed E-state index contributed by atoms with van der Waals surface area (Å²) in [6.45, 7) is 3.59. The summed E-state index contributed by atoms with van der Waals surface area (Å²) in [5.41, 5.74) is 2.05. The van der Waals surface area contributed by atoms with Crippen molar-refractivity contribution in [1.82, 2.24) is 4.90 Å². The maximum atomic E-state index is 12.6. The van der Waals surface area contributed by atoms with Crippen LogP contribution in [-0.2, 0) is 6.42 Å². The van der Waals surface area contributed by atoms with Crippen LogP contribution in [0.15, 0.2) is 18.2 Å². The van der Waals surface area contributed by atoms with Gasteiger partial charge in [0.2, 0.25) is 0 Å². The number of nitrogens with zero attached hydrogens (tertiary/aromatic N) is 1. The van der Waals surface area contributed by atoms with Crippen molar-refractivity contribution in [2.24, 2.45) is 11.8 Å². The molecule has 0 atom stereocenters. The smallest absolute Gasteiger partial charge is 0.176 e. The average Bonchev–Trinajstić information content (AvgIpc) is 3.40. The normalized spacial score (nSPS) is 20.4. The lowest BCUT2D eigenvalue weighted by molar-refractivity contribution is 0.0923. The van der Waals surface area contributed by atoms with Gasteiger partial charge in [-0.1, -0.05) is 0 Å². The maximum Gasteiger partial charge on any atom is 0.176 e. The molecule has 3 nitrogen and oxygen atoms in total. The van der Waals surface area contributed by atoms with Crippen molar-refractivity contribution >= 4 is 5.78 Å². The molecule has 1 heterocycles. The number of Topliss-reactive ketones (excluding diaryl/α,β-unsaturated/α-hetero) is 1. The van der Waals surface area contributed by atoms with Crippen molar-refractivity contribution in [1.29, 1.82) is 0 Å². The maximum absolute atomic E-state index is 12.6. The zero-order valence-electron chi connectivity index (χ0n) is 12.5. The lowest BCUT2D eigenvalue weighted by Crippen LogP contribution is -2.33. The largest absolute Gasteiger partial charge is 0.493 e. The number of ketones is 1. The summed E-state index contributed by atoms with van der Waals surface area (Å²) >= 11 is 0. The minimum atomic E-state index is 0.269. The molecule has 1 aromatic rings. The zero-order chi connectivity index (χ0) is 14.2. The number of benzene rings is 1. The number of hydrogen-bond donors (Lipinski definition) is 0. The molecule has 3 heteroatoms. The van der Waals surface area contributed by atoms with Gasteiger partial charge >= 0.3 is 0 Å². The van der Waals surface area contributed by atoms with E-state index in [9.17, 15) is 4.79 Å². The molecular formula is C18H23NO2. The molecule has 2 saturated carbocycles. The fraction of sp³-hybridized carbons (Fsp3) is 0.611. The second-order valence-electron chi connectivity index (χ2n) is 6.92. The molecule has 0 spiro atoms. The highest BCUT2D eigenvalue weighted by atomic mass is 16.5. The fourth-order valence-electron chi connectivity index (χ4n) is 3.19. The first kappa shape index (κ1) is 13.3. The lowest BCUT2D eigenvalue weighted by Gasteiger charge is -2.21. The highest BCUT2D eigenvalue weighted by Crippen LogP contribution is 2.34. The van der Waals surface area contributed by atoms with E-state index in [1.807, 2.05) is 18.2 Å². The van der Waals surface area contributed by atoms with Crippen molar-refractivity contribution in [3.05, 3.63) is 29.3 Å². The molecule has 0 N–H and O–H groups in total. The third-order valence-electron chi connectivity index (χ3n) is 4.81. The molecular weight excluding hydrogens is 262 g/mol. The minimum absolute atomic E-state index is 0.269. The first-order valence-electron chi connectivity index (χ1n) is 8.29. The van der Waals surface area contributed by atoms with E-state index in [0.717, 1.165) is 49.3 Å². The van der Waals surface area contributed by atoms with Crippen molar-refractivity contribution in [3.63, 3.8) is 0 Å². The van der Waals surface area contributed by atoms with Crippen molar-refractivity contribution < 1.29 is 9.53 Å². The Morgan fingerprint density at radius 2 is 1.86 bits per heavy atom. The number of fused-ring (bicyclic) bond motifs is 1. The second kappa shape index (κ2) is 5.45.